The molecule has 8 nitrogen and oxygen atoms in total. The van der Waals surface area contributed by atoms with E-state index in [0.717, 1.165) is 16.1 Å². The SMILES string of the molecule is Cc1cccc(N(CCNS(=O)(=O)c2c(C)noc2C)S(C)(=O)=O)c1. The molecule has 0 aliphatic carbocycles. The van der Waals surface area contributed by atoms with Crippen molar-refractivity contribution in [2.24, 2.45) is 0 Å². The molecule has 1 N–H and O–H groups in total. The molecule has 2 aromatic rings. The lowest BCUT2D eigenvalue weighted by Crippen LogP contribution is -2.38. The largest absolute Gasteiger partial charge is 0.360 e. The average Bonchev–Trinajstić information content (AvgIpc) is 2.82. The van der Waals surface area contributed by atoms with Crippen molar-refractivity contribution < 1.29 is 21.4 Å². The predicted octanol–water partition coefficient (Wildman–Crippen LogP) is 1.34. The minimum absolute atomic E-state index is 0.0195. The molecule has 0 radical (unpaired) electrons. The Morgan fingerprint density at radius 2 is 1.84 bits per heavy atom. The van der Waals surface area contributed by atoms with E-state index in [1.165, 1.54) is 13.8 Å². The van der Waals surface area contributed by atoms with Gasteiger partial charge in [0.1, 0.15) is 10.6 Å². The van der Waals surface area contributed by atoms with Crippen LogP contribution in [0.2, 0.25) is 0 Å². The van der Waals surface area contributed by atoms with Crippen molar-refractivity contribution in [1.82, 2.24) is 9.88 Å². The van der Waals surface area contributed by atoms with Gasteiger partial charge in [-0.15, -0.1) is 0 Å². The number of aryl methyl sites for hydroxylation is 3. The van der Waals surface area contributed by atoms with Crippen molar-refractivity contribution >= 4 is 25.7 Å². The first-order valence-corrected chi connectivity index (χ1v) is 10.8. The fourth-order valence-corrected chi connectivity index (χ4v) is 4.75. The van der Waals surface area contributed by atoms with Crippen LogP contribution in [0.1, 0.15) is 17.0 Å². The predicted molar refractivity (Wildman–Crippen MR) is 94.5 cm³/mol. The molecular weight excluding hydrogens is 366 g/mol. The molecule has 0 aliphatic rings. The summed E-state index contributed by atoms with van der Waals surface area (Å²) < 4.78 is 57.3. The van der Waals surface area contributed by atoms with Crippen LogP contribution in [0.5, 0.6) is 0 Å². The van der Waals surface area contributed by atoms with Crippen LogP contribution < -0.4 is 9.03 Å². The Bertz CT molecular complexity index is 945. The molecule has 138 valence electrons. The summed E-state index contributed by atoms with van der Waals surface area (Å²) in [5.41, 5.74) is 1.64. The van der Waals surface area contributed by atoms with Crippen LogP contribution in [0, 0.1) is 20.8 Å². The maximum Gasteiger partial charge on any atom is 0.246 e. The highest BCUT2D eigenvalue weighted by molar-refractivity contribution is 7.92. The van der Waals surface area contributed by atoms with E-state index in [1.54, 1.807) is 18.2 Å². The minimum Gasteiger partial charge on any atom is -0.360 e. The molecule has 10 heteroatoms. The summed E-state index contributed by atoms with van der Waals surface area (Å²) >= 11 is 0. The summed E-state index contributed by atoms with van der Waals surface area (Å²) in [6.07, 6.45) is 1.08. The van der Waals surface area contributed by atoms with Crippen LogP contribution in [-0.2, 0) is 20.0 Å². The van der Waals surface area contributed by atoms with Gasteiger partial charge < -0.3 is 4.52 Å². The number of rotatable bonds is 7. The van der Waals surface area contributed by atoms with Crippen molar-refractivity contribution in [3.63, 3.8) is 0 Å². The highest BCUT2D eigenvalue weighted by Crippen LogP contribution is 2.20. The van der Waals surface area contributed by atoms with Crippen LogP contribution in [-0.4, -0.2) is 41.3 Å². The molecule has 0 fully saturated rings. The van der Waals surface area contributed by atoms with E-state index >= 15 is 0 Å². The Hall–Kier alpha value is -1.91. The van der Waals surface area contributed by atoms with Crippen LogP contribution in [0.25, 0.3) is 0 Å². The zero-order chi connectivity index (χ0) is 18.8. The quantitative estimate of drug-likeness (QED) is 0.768. The molecule has 0 bridgehead atoms. The van der Waals surface area contributed by atoms with E-state index < -0.39 is 20.0 Å². The first-order chi connectivity index (χ1) is 11.5. The molecule has 25 heavy (non-hydrogen) atoms. The summed E-state index contributed by atoms with van der Waals surface area (Å²) in [6, 6.07) is 6.99. The normalized spacial score (nSPS) is 12.3. The maximum absolute atomic E-state index is 12.4. The molecule has 1 aromatic heterocycles. The molecule has 0 spiro atoms. The summed E-state index contributed by atoms with van der Waals surface area (Å²) in [4.78, 5) is -0.0195. The van der Waals surface area contributed by atoms with Gasteiger partial charge >= 0.3 is 0 Å². The second kappa shape index (κ2) is 7.14. The number of benzene rings is 1. The van der Waals surface area contributed by atoms with Crippen LogP contribution in [0.15, 0.2) is 33.7 Å². The van der Waals surface area contributed by atoms with Crippen molar-refractivity contribution in [2.75, 3.05) is 23.7 Å². The van der Waals surface area contributed by atoms with Gasteiger partial charge in [-0.05, 0) is 38.5 Å². The topological polar surface area (TPSA) is 110 Å². The molecule has 2 rings (SSSR count). The number of anilines is 1. The van der Waals surface area contributed by atoms with E-state index in [2.05, 4.69) is 9.88 Å². The van der Waals surface area contributed by atoms with Gasteiger partial charge in [0, 0.05) is 13.1 Å². The van der Waals surface area contributed by atoms with Crippen molar-refractivity contribution in [2.45, 2.75) is 25.7 Å². The van der Waals surface area contributed by atoms with Crippen LogP contribution >= 0.6 is 0 Å². The van der Waals surface area contributed by atoms with Crippen LogP contribution in [0.3, 0.4) is 0 Å². The third-order valence-electron chi connectivity index (χ3n) is 3.53. The fourth-order valence-electron chi connectivity index (χ4n) is 2.48. The smallest absolute Gasteiger partial charge is 0.246 e. The van der Waals surface area contributed by atoms with Gasteiger partial charge in [-0.25, -0.2) is 21.6 Å². The molecule has 0 amide bonds. The highest BCUT2D eigenvalue weighted by Gasteiger charge is 2.25. The van der Waals surface area contributed by atoms with Crippen molar-refractivity contribution in [3.8, 4) is 0 Å². The van der Waals surface area contributed by atoms with E-state index in [-0.39, 0.29) is 29.4 Å². The number of nitrogens with zero attached hydrogens (tertiary/aromatic N) is 2. The number of hydrogen-bond acceptors (Lipinski definition) is 6. The third-order valence-corrected chi connectivity index (χ3v) is 6.43. The first kappa shape index (κ1) is 19.4. The van der Waals surface area contributed by atoms with Crippen LogP contribution in [0.4, 0.5) is 5.69 Å². The zero-order valence-electron chi connectivity index (χ0n) is 14.5. The summed E-state index contributed by atoms with van der Waals surface area (Å²) in [5.74, 6) is 0.184. The van der Waals surface area contributed by atoms with E-state index in [4.69, 9.17) is 4.52 Å². The van der Waals surface area contributed by atoms with Gasteiger partial charge in [0.15, 0.2) is 5.76 Å². The summed E-state index contributed by atoms with van der Waals surface area (Å²) in [7, 11) is -7.39. The second-order valence-electron chi connectivity index (χ2n) is 5.73. The molecule has 0 saturated heterocycles. The lowest BCUT2D eigenvalue weighted by Gasteiger charge is -2.23. The first-order valence-electron chi connectivity index (χ1n) is 7.49. The van der Waals surface area contributed by atoms with Gasteiger partial charge in [0.2, 0.25) is 20.0 Å². The standard InChI is InChI=1S/C15H21N3O5S2/c1-11-6-5-7-14(10-11)18(24(4,19)20)9-8-16-25(21,22)15-12(2)17-23-13(15)3/h5-7,10,16H,8-9H2,1-4H3. The van der Waals surface area contributed by atoms with Gasteiger partial charge in [-0.1, -0.05) is 17.3 Å². The molecule has 1 heterocycles. The monoisotopic (exact) mass is 387 g/mol. The Balaban J connectivity index is 2.17. The van der Waals surface area contributed by atoms with Gasteiger partial charge in [0.25, 0.3) is 0 Å². The summed E-state index contributed by atoms with van der Waals surface area (Å²) in [5, 5.41) is 3.62. The van der Waals surface area contributed by atoms with Crippen molar-refractivity contribution in [1.29, 1.82) is 0 Å². The highest BCUT2D eigenvalue weighted by atomic mass is 32.2. The molecular formula is C15H21N3O5S2. The minimum atomic E-state index is -3.84. The zero-order valence-corrected chi connectivity index (χ0v) is 16.1. The number of hydrogen-bond donors (Lipinski definition) is 1. The molecule has 0 unspecified atom stereocenters. The number of aromatic nitrogens is 1. The Morgan fingerprint density at radius 1 is 1.16 bits per heavy atom. The van der Waals surface area contributed by atoms with E-state index in [0.29, 0.717) is 5.69 Å². The number of nitrogens with one attached hydrogen (secondary N) is 1. The average molecular weight is 387 g/mol. The van der Waals surface area contributed by atoms with E-state index in [9.17, 15) is 16.8 Å². The lowest BCUT2D eigenvalue weighted by atomic mass is 10.2. The van der Waals surface area contributed by atoms with Gasteiger partial charge in [-0.3, -0.25) is 4.31 Å². The Labute approximate surface area is 147 Å². The summed E-state index contributed by atoms with van der Waals surface area (Å²) in [6.45, 7) is 4.76. The molecule has 0 aliphatic heterocycles. The lowest BCUT2D eigenvalue weighted by molar-refractivity contribution is 0.390. The Morgan fingerprint density at radius 3 is 2.36 bits per heavy atom. The second-order valence-corrected chi connectivity index (χ2v) is 9.34. The third kappa shape index (κ3) is 4.59. The molecule has 0 atom stereocenters. The van der Waals surface area contributed by atoms with Gasteiger partial charge in [0.05, 0.1) is 11.9 Å². The Kier molecular flexibility index (Phi) is 5.55. The fraction of sp³-hybridized carbons (Fsp3) is 0.400. The van der Waals surface area contributed by atoms with Crippen molar-refractivity contribution in [3.05, 3.63) is 41.3 Å². The number of sulfonamides is 2. The molecule has 1 aromatic carbocycles. The molecule has 0 saturated carbocycles. The van der Waals surface area contributed by atoms with E-state index in [1.807, 2.05) is 13.0 Å². The maximum atomic E-state index is 12.4. The van der Waals surface area contributed by atoms with Gasteiger partial charge in [-0.2, -0.15) is 0 Å².